The molecule has 0 saturated carbocycles. The lowest BCUT2D eigenvalue weighted by Crippen LogP contribution is -2.33. The highest BCUT2D eigenvalue weighted by Crippen LogP contribution is 2.30. The van der Waals surface area contributed by atoms with Gasteiger partial charge in [-0.1, -0.05) is 12.1 Å². The zero-order valence-corrected chi connectivity index (χ0v) is 10.4. The maximum absolute atomic E-state index is 13.1. The number of aryl methyl sites for hydroxylation is 1. The van der Waals surface area contributed by atoms with E-state index in [0.29, 0.717) is 15.8 Å². The highest BCUT2D eigenvalue weighted by Gasteiger charge is 2.42. The van der Waals surface area contributed by atoms with Crippen LogP contribution in [0.4, 0.5) is 23.2 Å². The molecule has 2 N–H and O–H groups in total. The van der Waals surface area contributed by atoms with Gasteiger partial charge in [0.1, 0.15) is 6.54 Å². The molecule has 2 aromatic rings. The zero-order valence-electron chi connectivity index (χ0n) is 10.4. The summed E-state index contributed by atoms with van der Waals surface area (Å²) >= 11 is 0. The number of tetrazole rings is 1. The van der Waals surface area contributed by atoms with Crippen molar-refractivity contribution in [3.8, 4) is 11.4 Å². The van der Waals surface area contributed by atoms with E-state index in [2.05, 4.69) is 15.5 Å². The summed E-state index contributed by atoms with van der Waals surface area (Å²) in [5.41, 5.74) is 7.04. The van der Waals surface area contributed by atoms with Crippen LogP contribution in [0.5, 0.6) is 0 Å². The Morgan fingerprint density at radius 1 is 1.35 bits per heavy atom. The Morgan fingerprint density at radius 3 is 2.65 bits per heavy atom. The van der Waals surface area contributed by atoms with E-state index in [1.807, 2.05) is 0 Å². The highest BCUT2D eigenvalue weighted by molar-refractivity contribution is 5.74. The van der Waals surface area contributed by atoms with Gasteiger partial charge >= 0.3 is 12.3 Å². The first-order valence-corrected chi connectivity index (χ1v) is 5.60. The number of hydrogen-bond donors (Lipinski definition) is 1. The predicted molar refractivity (Wildman–Crippen MR) is 63.4 cm³/mol. The van der Waals surface area contributed by atoms with Crippen LogP contribution in [0, 0.1) is 6.92 Å². The van der Waals surface area contributed by atoms with Gasteiger partial charge in [-0.15, -0.1) is 5.10 Å². The molecule has 0 atom stereocenters. The Balaban J connectivity index is 2.44. The number of halogens is 4. The summed E-state index contributed by atoms with van der Waals surface area (Å²) in [6.07, 6.45) is -3.80. The Kier molecular flexibility index (Phi) is 3.60. The van der Waals surface area contributed by atoms with Crippen LogP contribution >= 0.6 is 0 Å². The van der Waals surface area contributed by atoms with E-state index < -0.39 is 18.9 Å². The van der Waals surface area contributed by atoms with Crippen LogP contribution in [0.15, 0.2) is 18.2 Å². The van der Waals surface area contributed by atoms with Gasteiger partial charge in [0.25, 0.3) is 0 Å². The molecule has 1 aromatic heterocycles. The Bertz CT molecular complexity index is 590. The first kappa shape index (κ1) is 14.2. The first-order valence-electron chi connectivity index (χ1n) is 5.60. The van der Waals surface area contributed by atoms with Crippen molar-refractivity contribution in [2.45, 2.75) is 25.8 Å². The van der Waals surface area contributed by atoms with Crippen LogP contribution in [-0.4, -0.2) is 32.6 Å². The van der Waals surface area contributed by atoms with E-state index >= 15 is 0 Å². The Labute approximate surface area is 111 Å². The second-order valence-electron chi connectivity index (χ2n) is 4.26. The molecule has 0 aliphatic carbocycles. The lowest BCUT2D eigenvalue weighted by atomic mass is 10.1. The average Bonchev–Trinajstić information content (AvgIpc) is 2.76. The second-order valence-corrected chi connectivity index (χ2v) is 4.26. The van der Waals surface area contributed by atoms with Gasteiger partial charge in [-0.3, -0.25) is 0 Å². The fourth-order valence-corrected chi connectivity index (χ4v) is 1.75. The van der Waals surface area contributed by atoms with Crippen molar-refractivity contribution in [3.63, 3.8) is 0 Å². The third-order valence-corrected chi connectivity index (χ3v) is 2.74. The summed E-state index contributed by atoms with van der Waals surface area (Å²) in [6, 6.07) is 4.92. The van der Waals surface area contributed by atoms with Crippen molar-refractivity contribution in [3.05, 3.63) is 23.8 Å². The molecule has 0 unspecified atom stereocenters. The summed E-state index contributed by atoms with van der Waals surface area (Å²) in [4.78, 5) is 0. The van der Waals surface area contributed by atoms with Crippen LogP contribution in [0.25, 0.3) is 11.4 Å². The number of nitrogens with zero attached hydrogens (tertiary/aromatic N) is 4. The standard InChI is InChI=1S/C11H11F4N5/c1-6-3-2-4-7(16)8(6)9-17-18-19-20(9)5-11(14,15)10(12)13/h2-4,10H,5,16H2,1H3. The van der Waals surface area contributed by atoms with E-state index in [4.69, 9.17) is 5.73 Å². The monoisotopic (exact) mass is 289 g/mol. The molecular formula is C11H11F4N5. The van der Waals surface area contributed by atoms with Gasteiger partial charge in [-0.05, 0) is 29.0 Å². The molecule has 5 nitrogen and oxygen atoms in total. The molecule has 0 saturated heterocycles. The Morgan fingerprint density at radius 2 is 2.05 bits per heavy atom. The number of anilines is 1. The minimum atomic E-state index is -4.22. The molecule has 0 bridgehead atoms. The molecular weight excluding hydrogens is 278 g/mol. The normalized spacial score (nSPS) is 12.1. The first-order chi connectivity index (χ1) is 9.33. The number of aromatic nitrogens is 4. The lowest BCUT2D eigenvalue weighted by Gasteiger charge is -2.16. The van der Waals surface area contributed by atoms with E-state index in [1.54, 1.807) is 25.1 Å². The molecule has 2 rings (SSSR count). The third-order valence-electron chi connectivity index (χ3n) is 2.74. The predicted octanol–water partition coefficient (Wildman–Crippen LogP) is 2.13. The number of benzene rings is 1. The van der Waals surface area contributed by atoms with E-state index in [1.165, 1.54) is 0 Å². The molecule has 0 fully saturated rings. The largest absolute Gasteiger partial charge is 0.398 e. The SMILES string of the molecule is Cc1cccc(N)c1-c1nnnn1CC(F)(F)C(F)F. The van der Waals surface area contributed by atoms with Crippen LogP contribution in [0.2, 0.25) is 0 Å². The average molecular weight is 289 g/mol. The molecule has 1 heterocycles. The van der Waals surface area contributed by atoms with E-state index in [-0.39, 0.29) is 11.5 Å². The van der Waals surface area contributed by atoms with E-state index in [9.17, 15) is 17.6 Å². The Hall–Kier alpha value is -2.19. The number of nitrogen functional groups attached to an aromatic ring is 1. The van der Waals surface area contributed by atoms with Crippen molar-refractivity contribution in [2.75, 3.05) is 5.73 Å². The highest BCUT2D eigenvalue weighted by atomic mass is 19.3. The van der Waals surface area contributed by atoms with Gasteiger partial charge in [0.05, 0.1) is 0 Å². The fraction of sp³-hybridized carbons (Fsp3) is 0.364. The molecule has 0 aliphatic rings. The molecule has 1 aromatic carbocycles. The smallest absolute Gasteiger partial charge is 0.326 e. The number of rotatable bonds is 4. The maximum atomic E-state index is 13.1. The second kappa shape index (κ2) is 5.06. The van der Waals surface area contributed by atoms with Crippen molar-refractivity contribution < 1.29 is 17.6 Å². The van der Waals surface area contributed by atoms with Gasteiger partial charge in [-0.2, -0.15) is 8.78 Å². The minimum absolute atomic E-state index is 0.0686. The summed E-state index contributed by atoms with van der Waals surface area (Å²) in [6.45, 7) is 0.372. The molecule has 0 radical (unpaired) electrons. The molecule has 0 spiro atoms. The van der Waals surface area contributed by atoms with Crippen LogP contribution in [0.3, 0.4) is 0 Å². The maximum Gasteiger partial charge on any atom is 0.326 e. The quantitative estimate of drug-likeness (QED) is 0.691. The number of nitrogens with two attached hydrogens (primary N) is 1. The fourth-order valence-electron chi connectivity index (χ4n) is 1.75. The van der Waals surface area contributed by atoms with Crippen molar-refractivity contribution in [1.29, 1.82) is 0 Å². The summed E-state index contributed by atoms with van der Waals surface area (Å²) in [5.74, 6) is -4.29. The summed E-state index contributed by atoms with van der Waals surface area (Å²) in [7, 11) is 0. The van der Waals surface area contributed by atoms with Crippen molar-refractivity contribution in [2.24, 2.45) is 0 Å². The van der Waals surface area contributed by atoms with Crippen LogP contribution in [-0.2, 0) is 6.54 Å². The number of alkyl halides is 4. The van der Waals surface area contributed by atoms with Gasteiger partial charge in [-0.25, -0.2) is 13.5 Å². The van der Waals surface area contributed by atoms with Crippen molar-refractivity contribution >= 4 is 5.69 Å². The third kappa shape index (κ3) is 2.56. The van der Waals surface area contributed by atoms with Gasteiger partial charge in [0.2, 0.25) is 0 Å². The summed E-state index contributed by atoms with van der Waals surface area (Å²) in [5, 5.41) is 10.2. The van der Waals surface area contributed by atoms with E-state index in [0.717, 1.165) is 0 Å². The topological polar surface area (TPSA) is 69.6 Å². The van der Waals surface area contributed by atoms with Crippen molar-refractivity contribution in [1.82, 2.24) is 20.2 Å². The van der Waals surface area contributed by atoms with Crippen LogP contribution < -0.4 is 5.73 Å². The molecule has 0 amide bonds. The lowest BCUT2D eigenvalue weighted by molar-refractivity contribution is -0.139. The summed E-state index contributed by atoms with van der Waals surface area (Å²) < 4.78 is 51.3. The molecule has 108 valence electrons. The molecule has 20 heavy (non-hydrogen) atoms. The molecule has 0 aliphatic heterocycles. The van der Waals surface area contributed by atoms with Crippen LogP contribution in [0.1, 0.15) is 5.56 Å². The van der Waals surface area contributed by atoms with Gasteiger partial charge in [0, 0.05) is 11.3 Å². The minimum Gasteiger partial charge on any atom is -0.398 e. The van der Waals surface area contributed by atoms with Gasteiger partial charge in [0.15, 0.2) is 5.82 Å². The number of hydrogen-bond acceptors (Lipinski definition) is 4. The molecule has 9 heteroatoms. The zero-order chi connectivity index (χ0) is 14.9. The van der Waals surface area contributed by atoms with Gasteiger partial charge < -0.3 is 5.73 Å².